The second kappa shape index (κ2) is 16.5. The summed E-state index contributed by atoms with van der Waals surface area (Å²) in [6, 6.07) is -0.805. The second-order valence-electron chi connectivity index (χ2n) is 6.31. The molecule has 5 nitrogen and oxygen atoms in total. The summed E-state index contributed by atoms with van der Waals surface area (Å²) in [6.07, 6.45) is 16.2. The summed E-state index contributed by atoms with van der Waals surface area (Å²) in [5, 5.41) is 11.6. The number of nitrogens with one attached hydrogen (secondary N) is 1. The van der Waals surface area contributed by atoms with Crippen LogP contribution in [0, 0.1) is 0 Å². The summed E-state index contributed by atoms with van der Waals surface area (Å²) < 4.78 is 0. The number of hydrogen-bond donors (Lipinski definition) is 3. The minimum Gasteiger partial charge on any atom is -0.480 e. The first-order chi connectivity index (χ1) is 11.6. The molecule has 0 saturated carbocycles. The lowest BCUT2D eigenvalue weighted by molar-refractivity contribution is -0.142. The van der Waals surface area contributed by atoms with Gasteiger partial charge in [0.05, 0.1) is 0 Å². The molecule has 5 heteroatoms. The van der Waals surface area contributed by atoms with Crippen LogP contribution in [0.25, 0.3) is 0 Å². The molecule has 0 aliphatic heterocycles. The maximum atomic E-state index is 11.8. The fraction of sp³-hybridized carbons (Fsp3) is 0.789. The van der Waals surface area contributed by atoms with E-state index in [-0.39, 0.29) is 5.91 Å². The summed E-state index contributed by atoms with van der Waals surface area (Å²) in [5.74, 6) is -1.15. The van der Waals surface area contributed by atoms with Crippen molar-refractivity contribution < 1.29 is 14.7 Å². The molecule has 1 amide bonds. The second-order valence-corrected chi connectivity index (χ2v) is 6.31. The minimum absolute atomic E-state index is 0.168. The van der Waals surface area contributed by atoms with Gasteiger partial charge in [-0.3, -0.25) is 4.79 Å². The normalized spacial score (nSPS) is 12.4. The summed E-state index contributed by atoms with van der Waals surface area (Å²) in [6.45, 7) is 2.64. The Morgan fingerprint density at radius 1 is 1.00 bits per heavy atom. The molecule has 0 aliphatic carbocycles. The van der Waals surface area contributed by atoms with Crippen molar-refractivity contribution in [2.75, 3.05) is 6.54 Å². The number of unbranched alkanes of at least 4 members (excludes halogenated alkanes) is 7. The van der Waals surface area contributed by atoms with Gasteiger partial charge < -0.3 is 16.2 Å². The molecule has 0 aromatic rings. The van der Waals surface area contributed by atoms with Crippen molar-refractivity contribution in [1.82, 2.24) is 5.32 Å². The highest BCUT2D eigenvalue weighted by Gasteiger charge is 2.18. The first kappa shape index (κ1) is 22.6. The van der Waals surface area contributed by atoms with Crippen LogP contribution < -0.4 is 11.1 Å². The van der Waals surface area contributed by atoms with Crippen LogP contribution in [0.4, 0.5) is 0 Å². The lowest BCUT2D eigenvalue weighted by Crippen LogP contribution is -2.40. The average molecular weight is 341 g/mol. The Hall–Kier alpha value is -1.36. The Labute approximate surface area is 147 Å². The van der Waals surface area contributed by atoms with Gasteiger partial charge in [-0.25, -0.2) is 4.79 Å². The summed E-state index contributed by atoms with van der Waals surface area (Å²) in [5.41, 5.74) is 5.38. The molecular weight excluding hydrogens is 304 g/mol. The number of carboxylic acid groups (broad SMARTS) is 1. The van der Waals surface area contributed by atoms with Crippen molar-refractivity contribution in [2.45, 2.75) is 90.0 Å². The number of hydrogen-bond acceptors (Lipinski definition) is 3. The Morgan fingerprint density at radius 3 is 2.25 bits per heavy atom. The molecule has 0 aromatic heterocycles. The molecule has 0 bridgehead atoms. The smallest absolute Gasteiger partial charge is 0.326 e. The Kier molecular flexibility index (Phi) is 15.6. The van der Waals surface area contributed by atoms with E-state index in [2.05, 4.69) is 24.4 Å². The van der Waals surface area contributed by atoms with Crippen molar-refractivity contribution in [3.63, 3.8) is 0 Å². The Bertz CT molecular complexity index is 357. The molecule has 0 heterocycles. The van der Waals surface area contributed by atoms with Gasteiger partial charge in [0.1, 0.15) is 6.04 Å². The van der Waals surface area contributed by atoms with E-state index in [0.717, 1.165) is 25.7 Å². The first-order valence-electron chi connectivity index (χ1n) is 9.49. The monoisotopic (exact) mass is 340 g/mol. The summed E-state index contributed by atoms with van der Waals surface area (Å²) >= 11 is 0. The molecule has 0 aliphatic rings. The van der Waals surface area contributed by atoms with E-state index in [4.69, 9.17) is 10.8 Å². The van der Waals surface area contributed by atoms with Gasteiger partial charge in [0.15, 0.2) is 0 Å². The molecule has 0 rings (SSSR count). The number of aliphatic carboxylic acids is 1. The number of amides is 1. The van der Waals surface area contributed by atoms with E-state index in [1.165, 1.54) is 32.1 Å². The number of rotatable bonds is 16. The average Bonchev–Trinajstić information content (AvgIpc) is 2.56. The zero-order valence-corrected chi connectivity index (χ0v) is 15.3. The fourth-order valence-corrected chi connectivity index (χ4v) is 2.48. The molecule has 4 N–H and O–H groups in total. The minimum atomic E-state index is -0.983. The molecular formula is C19H36N2O3. The van der Waals surface area contributed by atoms with E-state index in [1.54, 1.807) is 0 Å². The van der Waals surface area contributed by atoms with Crippen LogP contribution in [-0.4, -0.2) is 29.6 Å². The van der Waals surface area contributed by atoms with Gasteiger partial charge in [-0.1, -0.05) is 51.2 Å². The van der Waals surface area contributed by atoms with E-state index in [9.17, 15) is 9.59 Å². The largest absolute Gasteiger partial charge is 0.480 e. The highest BCUT2D eigenvalue weighted by atomic mass is 16.4. The van der Waals surface area contributed by atoms with Crippen molar-refractivity contribution >= 4 is 11.9 Å². The van der Waals surface area contributed by atoms with Crippen LogP contribution in [0.2, 0.25) is 0 Å². The number of carboxylic acids is 1. The van der Waals surface area contributed by atoms with E-state index < -0.39 is 12.0 Å². The van der Waals surface area contributed by atoms with Gasteiger partial charge in [-0.05, 0) is 45.1 Å². The fourth-order valence-electron chi connectivity index (χ4n) is 2.48. The Balaban J connectivity index is 3.57. The van der Waals surface area contributed by atoms with Crippen LogP contribution >= 0.6 is 0 Å². The highest BCUT2D eigenvalue weighted by molar-refractivity contribution is 5.83. The lowest BCUT2D eigenvalue weighted by Gasteiger charge is -2.13. The van der Waals surface area contributed by atoms with Crippen molar-refractivity contribution in [1.29, 1.82) is 0 Å². The molecule has 0 unspecified atom stereocenters. The Morgan fingerprint density at radius 2 is 1.62 bits per heavy atom. The third-order valence-corrected chi connectivity index (χ3v) is 4.00. The molecule has 0 fully saturated rings. The number of carbonyl (C=O) groups is 2. The maximum Gasteiger partial charge on any atom is 0.326 e. The van der Waals surface area contributed by atoms with Crippen LogP contribution in [0.5, 0.6) is 0 Å². The van der Waals surface area contributed by atoms with E-state index in [0.29, 0.717) is 25.8 Å². The van der Waals surface area contributed by atoms with Crippen LogP contribution in [-0.2, 0) is 9.59 Å². The molecule has 1 atom stereocenters. The van der Waals surface area contributed by atoms with Crippen molar-refractivity contribution in [3.05, 3.63) is 12.2 Å². The van der Waals surface area contributed by atoms with Gasteiger partial charge in [-0.2, -0.15) is 0 Å². The summed E-state index contributed by atoms with van der Waals surface area (Å²) in [7, 11) is 0. The predicted octanol–water partition coefficient (Wildman–Crippen LogP) is 3.77. The van der Waals surface area contributed by atoms with E-state index in [1.807, 2.05) is 0 Å². The highest BCUT2D eigenvalue weighted by Crippen LogP contribution is 2.08. The van der Waals surface area contributed by atoms with Crippen LogP contribution in [0.15, 0.2) is 12.2 Å². The van der Waals surface area contributed by atoms with Crippen LogP contribution in [0.3, 0.4) is 0 Å². The SMILES string of the molecule is CCCC/C=C\CCCCCCCC(=O)N[C@@H](CCCN)C(=O)O. The number of nitrogens with two attached hydrogens (primary N) is 1. The van der Waals surface area contributed by atoms with Gasteiger partial charge in [-0.15, -0.1) is 0 Å². The molecule has 0 radical (unpaired) electrons. The zero-order chi connectivity index (χ0) is 18.0. The van der Waals surface area contributed by atoms with Gasteiger partial charge in [0.2, 0.25) is 5.91 Å². The van der Waals surface area contributed by atoms with Gasteiger partial charge in [0.25, 0.3) is 0 Å². The molecule has 0 spiro atoms. The molecule has 140 valence electrons. The maximum absolute atomic E-state index is 11.8. The molecule has 0 aromatic carbocycles. The van der Waals surface area contributed by atoms with Gasteiger partial charge >= 0.3 is 5.97 Å². The number of carbonyl (C=O) groups excluding carboxylic acids is 1. The van der Waals surface area contributed by atoms with Crippen molar-refractivity contribution in [3.8, 4) is 0 Å². The van der Waals surface area contributed by atoms with E-state index >= 15 is 0 Å². The third-order valence-electron chi connectivity index (χ3n) is 4.00. The van der Waals surface area contributed by atoms with Crippen molar-refractivity contribution in [2.24, 2.45) is 5.73 Å². The third kappa shape index (κ3) is 14.2. The van der Waals surface area contributed by atoms with Crippen LogP contribution in [0.1, 0.15) is 84.0 Å². The quantitative estimate of drug-likeness (QED) is 0.294. The molecule has 24 heavy (non-hydrogen) atoms. The standard InChI is InChI=1S/C19H36N2O3/c1-2-3-4-5-6-7-8-9-10-11-12-15-18(22)21-17(19(23)24)14-13-16-20/h5-6,17H,2-4,7-16,20H2,1H3,(H,21,22)(H,23,24)/b6-5-/t17-/m0/s1. The number of allylic oxidation sites excluding steroid dienone is 2. The zero-order valence-electron chi connectivity index (χ0n) is 15.3. The lowest BCUT2D eigenvalue weighted by atomic mass is 10.1. The van der Waals surface area contributed by atoms with Gasteiger partial charge in [0, 0.05) is 6.42 Å². The first-order valence-corrected chi connectivity index (χ1v) is 9.49. The predicted molar refractivity (Wildman–Crippen MR) is 98.8 cm³/mol. The molecule has 0 saturated heterocycles. The summed E-state index contributed by atoms with van der Waals surface area (Å²) in [4.78, 5) is 22.8. The topological polar surface area (TPSA) is 92.4 Å².